The van der Waals surface area contributed by atoms with E-state index in [4.69, 9.17) is 0 Å². The molecule has 27 heavy (non-hydrogen) atoms. The molecular formula is C20H21N3O2S2. The highest BCUT2D eigenvalue weighted by atomic mass is 32.1. The molecule has 0 amide bonds. The third kappa shape index (κ3) is 4.73. The van der Waals surface area contributed by atoms with Crippen LogP contribution in [0.4, 0.5) is 0 Å². The number of rotatable bonds is 7. The monoisotopic (exact) mass is 399 g/mol. The van der Waals surface area contributed by atoms with Gasteiger partial charge in [0.05, 0.1) is 16.9 Å². The molecule has 0 saturated heterocycles. The van der Waals surface area contributed by atoms with Gasteiger partial charge in [-0.05, 0) is 36.1 Å². The molecule has 140 valence electrons. The topological polar surface area (TPSA) is 68.0 Å². The van der Waals surface area contributed by atoms with Crippen LogP contribution in [0.2, 0.25) is 0 Å². The van der Waals surface area contributed by atoms with Crippen molar-refractivity contribution < 1.29 is 9.90 Å². The number of aromatic carboxylic acids is 1. The summed E-state index contributed by atoms with van der Waals surface area (Å²) in [6.45, 7) is 2.54. The molecule has 1 atom stereocenters. The van der Waals surface area contributed by atoms with Crippen molar-refractivity contribution in [3.8, 4) is 0 Å². The highest BCUT2D eigenvalue weighted by molar-refractivity contribution is 7.85. The first-order valence-corrected chi connectivity index (χ1v) is 9.59. The van der Waals surface area contributed by atoms with Crippen LogP contribution < -0.4 is 0 Å². The second-order valence-electron chi connectivity index (χ2n) is 6.65. The predicted octanol–water partition coefficient (Wildman–Crippen LogP) is 3.69. The number of carboxylic acid groups (broad SMARTS) is 1. The zero-order chi connectivity index (χ0) is 19.4. The van der Waals surface area contributed by atoms with E-state index in [0.29, 0.717) is 30.1 Å². The minimum Gasteiger partial charge on any atom is -0.478 e. The molecule has 7 heteroatoms. The van der Waals surface area contributed by atoms with Crippen molar-refractivity contribution in [1.82, 2.24) is 14.8 Å². The average molecular weight is 400 g/mol. The molecule has 0 bridgehead atoms. The molecule has 1 N–H and O–H groups in total. The second kappa shape index (κ2) is 8.19. The third-order valence-corrected chi connectivity index (χ3v) is 5.58. The smallest absolute Gasteiger partial charge is 0.335 e. The lowest BCUT2D eigenvalue weighted by Gasteiger charge is -2.15. The van der Waals surface area contributed by atoms with Gasteiger partial charge < -0.3 is 5.11 Å². The summed E-state index contributed by atoms with van der Waals surface area (Å²) in [6.07, 6.45) is 2.28. The normalized spacial score (nSPS) is 13.3. The maximum absolute atomic E-state index is 11.3. The van der Waals surface area contributed by atoms with Crippen LogP contribution in [0.15, 0.2) is 54.9 Å². The molecule has 0 aliphatic rings. The van der Waals surface area contributed by atoms with E-state index in [2.05, 4.69) is 35.3 Å². The van der Waals surface area contributed by atoms with Crippen LogP contribution in [0.5, 0.6) is 0 Å². The molecule has 0 saturated carbocycles. The number of hydrogen-bond donors (Lipinski definition) is 3. The highest BCUT2D eigenvalue weighted by Gasteiger charge is 2.24. The van der Waals surface area contributed by atoms with Crippen molar-refractivity contribution in [2.75, 3.05) is 5.75 Å². The first kappa shape index (κ1) is 19.5. The fraction of sp³-hybridized carbons (Fsp3) is 0.250. The van der Waals surface area contributed by atoms with Crippen LogP contribution in [0.3, 0.4) is 0 Å². The van der Waals surface area contributed by atoms with E-state index < -0.39 is 10.7 Å². The van der Waals surface area contributed by atoms with E-state index in [9.17, 15) is 9.90 Å². The van der Waals surface area contributed by atoms with Gasteiger partial charge in [0.25, 0.3) is 0 Å². The van der Waals surface area contributed by atoms with Gasteiger partial charge in [0.2, 0.25) is 0 Å². The van der Waals surface area contributed by atoms with Crippen molar-refractivity contribution in [2.24, 2.45) is 0 Å². The van der Waals surface area contributed by atoms with E-state index in [0.717, 1.165) is 16.7 Å². The Labute approximate surface area is 169 Å². The van der Waals surface area contributed by atoms with Crippen LogP contribution in [-0.2, 0) is 17.7 Å². The van der Waals surface area contributed by atoms with E-state index in [1.807, 2.05) is 43.3 Å². The minimum absolute atomic E-state index is 0.343. The number of hydrogen-bond acceptors (Lipinski definition) is 5. The maximum Gasteiger partial charge on any atom is 0.335 e. The molecule has 0 aliphatic heterocycles. The van der Waals surface area contributed by atoms with E-state index in [-0.39, 0.29) is 0 Å². The van der Waals surface area contributed by atoms with E-state index in [1.165, 1.54) is 0 Å². The first-order valence-electron chi connectivity index (χ1n) is 8.51. The van der Waals surface area contributed by atoms with Gasteiger partial charge >= 0.3 is 5.97 Å². The van der Waals surface area contributed by atoms with Crippen LogP contribution in [0.1, 0.15) is 39.8 Å². The van der Waals surface area contributed by atoms with Crippen molar-refractivity contribution >= 4 is 31.2 Å². The molecule has 3 aromatic rings. The van der Waals surface area contributed by atoms with Crippen LogP contribution in [0.25, 0.3) is 0 Å². The number of benzene rings is 2. The lowest BCUT2D eigenvalue weighted by molar-refractivity contribution is 0.0696. The van der Waals surface area contributed by atoms with Crippen LogP contribution in [0, 0.1) is 0 Å². The van der Waals surface area contributed by atoms with Crippen molar-refractivity contribution in [1.29, 1.82) is 0 Å². The predicted molar refractivity (Wildman–Crippen MR) is 112 cm³/mol. The summed E-state index contributed by atoms with van der Waals surface area (Å²) in [5.74, 6) is 0.302. The largest absolute Gasteiger partial charge is 0.478 e. The summed E-state index contributed by atoms with van der Waals surface area (Å²) in [7, 11) is 0. The summed E-state index contributed by atoms with van der Waals surface area (Å²) in [5, 5.41) is 13.8. The van der Waals surface area contributed by atoms with Gasteiger partial charge in [0.15, 0.2) is 5.82 Å². The number of thiol groups is 2. The third-order valence-electron chi connectivity index (χ3n) is 4.34. The molecule has 0 spiro atoms. The van der Waals surface area contributed by atoms with Gasteiger partial charge in [-0.25, -0.2) is 14.5 Å². The zero-order valence-corrected chi connectivity index (χ0v) is 16.7. The summed E-state index contributed by atoms with van der Waals surface area (Å²) in [5.41, 5.74) is 3.30. The molecule has 0 aliphatic carbocycles. The Bertz CT molecular complexity index is 936. The van der Waals surface area contributed by atoms with Gasteiger partial charge in [-0.3, -0.25) is 0 Å². The van der Waals surface area contributed by atoms with Crippen molar-refractivity contribution in [3.05, 3.63) is 82.9 Å². The van der Waals surface area contributed by atoms with Gasteiger partial charge in [0.1, 0.15) is 6.33 Å². The van der Waals surface area contributed by atoms with Crippen LogP contribution in [-0.4, -0.2) is 31.6 Å². The summed E-state index contributed by atoms with van der Waals surface area (Å²) in [4.78, 5) is 15.7. The van der Waals surface area contributed by atoms with Crippen LogP contribution >= 0.6 is 25.3 Å². The lowest BCUT2D eigenvalue weighted by Crippen LogP contribution is -2.18. The fourth-order valence-electron chi connectivity index (χ4n) is 2.74. The Morgan fingerprint density at radius 3 is 2.48 bits per heavy atom. The number of nitrogens with zero attached hydrogens (tertiary/aromatic N) is 3. The average Bonchev–Trinajstić information content (AvgIpc) is 3.13. The molecule has 5 nitrogen and oxygen atoms in total. The maximum atomic E-state index is 11.3. The summed E-state index contributed by atoms with van der Waals surface area (Å²) >= 11 is 8.83. The first-order chi connectivity index (χ1) is 12.9. The minimum atomic E-state index is -0.901. The van der Waals surface area contributed by atoms with Crippen molar-refractivity contribution in [2.45, 2.75) is 24.6 Å². The SMILES string of the molecule is CC(S)(CS)c1ncn(Cc2ccc(Cc3ccccc3C(=O)O)cc2)n1. The Morgan fingerprint density at radius 2 is 1.81 bits per heavy atom. The van der Waals surface area contributed by atoms with Crippen molar-refractivity contribution in [3.63, 3.8) is 0 Å². The molecule has 2 aromatic carbocycles. The highest BCUT2D eigenvalue weighted by Crippen LogP contribution is 2.25. The Morgan fingerprint density at radius 1 is 1.15 bits per heavy atom. The van der Waals surface area contributed by atoms with Gasteiger partial charge in [-0.1, -0.05) is 42.5 Å². The Balaban J connectivity index is 1.70. The number of carbonyl (C=O) groups is 1. The van der Waals surface area contributed by atoms with Gasteiger partial charge in [-0.2, -0.15) is 30.4 Å². The number of carboxylic acids is 1. The lowest BCUT2D eigenvalue weighted by atomic mass is 9.99. The molecule has 1 unspecified atom stereocenters. The fourth-order valence-corrected chi connectivity index (χ4v) is 2.98. The number of aromatic nitrogens is 3. The standard InChI is InChI=1S/C20H21N3O2S2/c1-20(27,12-26)19-21-13-23(22-19)11-15-8-6-14(7-9-15)10-16-4-2-3-5-17(16)18(24)25/h2-9,13,26-27H,10-12H2,1H3,(H,24,25). The Hall–Kier alpha value is -2.25. The Kier molecular flexibility index (Phi) is 5.92. The van der Waals surface area contributed by atoms with E-state index in [1.54, 1.807) is 23.1 Å². The summed E-state index contributed by atoms with van der Waals surface area (Å²) < 4.78 is 1.32. The van der Waals surface area contributed by atoms with E-state index >= 15 is 0 Å². The molecule has 3 rings (SSSR count). The molecular weight excluding hydrogens is 378 g/mol. The molecule has 0 fully saturated rings. The molecule has 1 aromatic heterocycles. The zero-order valence-electron chi connectivity index (χ0n) is 14.9. The van der Waals surface area contributed by atoms with Gasteiger partial charge in [0, 0.05) is 5.75 Å². The second-order valence-corrected chi connectivity index (χ2v) is 7.96. The van der Waals surface area contributed by atoms with Gasteiger partial charge in [-0.15, -0.1) is 0 Å². The summed E-state index contributed by atoms with van der Waals surface area (Å²) in [6, 6.07) is 15.2. The molecule has 1 heterocycles. The quantitative estimate of drug-likeness (QED) is 0.530. The molecule has 0 radical (unpaired) electrons.